The van der Waals surface area contributed by atoms with Crippen LogP contribution in [0.1, 0.15) is 34.3 Å². The minimum Gasteiger partial charge on any atom is -0.497 e. The van der Waals surface area contributed by atoms with Crippen molar-refractivity contribution in [1.29, 1.82) is 0 Å². The number of nitrogens with one attached hydrogen (secondary N) is 1. The highest BCUT2D eigenvalue weighted by atomic mass is 16.5. The Labute approximate surface area is 161 Å². The standard InChI is InChI=1S/C22H28N2O3/c1-15-5-6-17(13-24(2)3)11-20(15)23-22(25)19-10-9-18(26-4)12-21(19)27-14-16-7-8-16/h5-6,9-12,16H,7-8,13-14H2,1-4H3,(H,23,25). The molecule has 5 nitrogen and oxygen atoms in total. The highest BCUT2D eigenvalue weighted by molar-refractivity contribution is 6.06. The molecule has 0 bridgehead atoms. The zero-order valence-electron chi connectivity index (χ0n) is 16.5. The van der Waals surface area contributed by atoms with Crippen molar-refractivity contribution in [3.63, 3.8) is 0 Å². The van der Waals surface area contributed by atoms with E-state index in [2.05, 4.69) is 16.3 Å². The van der Waals surface area contributed by atoms with E-state index in [1.807, 2.05) is 33.2 Å². The predicted octanol–water partition coefficient (Wildman–Crippen LogP) is 4.11. The first-order chi connectivity index (χ1) is 13.0. The molecule has 3 rings (SSSR count). The average molecular weight is 368 g/mol. The van der Waals surface area contributed by atoms with Crippen molar-refractivity contribution in [3.8, 4) is 11.5 Å². The largest absolute Gasteiger partial charge is 0.497 e. The van der Waals surface area contributed by atoms with Crippen molar-refractivity contribution in [2.75, 3.05) is 33.1 Å². The summed E-state index contributed by atoms with van der Waals surface area (Å²) in [5, 5.41) is 3.04. The second-order valence-corrected chi connectivity index (χ2v) is 7.46. The molecule has 1 aliphatic rings. The van der Waals surface area contributed by atoms with E-state index in [0.29, 0.717) is 29.6 Å². The molecule has 2 aromatic rings. The molecule has 1 amide bonds. The fourth-order valence-corrected chi connectivity index (χ4v) is 2.89. The highest BCUT2D eigenvalue weighted by Gasteiger charge is 2.23. The number of aryl methyl sites for hydroxylation is 1. The van der Waals surface area contributed by atoms with E-state index in [-0.39, 0.29) is 5.91 Å². The van der Waals surface area contributed by atoms with E-state index in [9.17, 15) is 4.79 Å². The summed E-state index contributed by atoms with van der Waals surface area (Å²) in [4.78, 5) is 15.0. The van der Waals surface area contributed by atoms with Gasteiger partial charge in [0.2, 0.25) is 0 Å². The normalized spacial score (nSPS) is 13.5. The number of nitrogens with zero attached hydrogens (tertiary/aromatic N) is 1. The summed E-state index contributed by atoms with van der Waals surface area (Å²) in [6.07, 6.45) is 2.40. The highest BCUT2D eigenvalue weighted by Crippen LogP contribution is 2.32. The molecule has 0 saturated heterocycles. The van der Waals surface area contributed by atoms with Crippen LogP contribution in [0.4, 0.5) is 5.69 Å². The SMILES string of the molecule is COc1ccc(C(=O)Nc2cc(CN(C)C)ccc2C)c(OCC2CC2)c1. The Bertz CT molecular complexity index is 813. The molecule has 1 fully saturated rings. The number of rotatable bonds is 8. The van der Waals surface area contributed by atoms with Crippen LogP contribution >= 0.6 is 0 Å². The maximum Gasteiger partial charge on any atom is 0.259 e. The van der Waals surface area contributed by atoms with Gasteiger partial charge in [0.1, 0.15) is 11.5 Å². The van der Waals surface area contributed by atoms with Crippen molar-refractivity contribution in [2.45, 2.75) is 26.3 Å². The summed E-state index contributed by atoms with van der Waals surface area (Å²) in [5.74, 6) is 1.69. The lowest BCUT2D eigenvalue weighted by Crippen LogP contribution is -2.16. The van der Waals surface area contributed by atoms with Gasteiger partial charge in [0.05, 0.1) is 19.3 Å². The van der Waals surface area contributed by atoms with Crippen LogP contribution in [-0.4, -0.2) is 38.6 Å². The molecule has 0 unspecified atom stereocenters. The van der Waals surface area contributed by atoms with Gasteiger partial charge in [-0.25, -0.2) is 0 Å². The molecule has 1 saturated carbocycles. The number of carbonyl (C=O) groups is 1. The number of hydrogen-bond acceptors (Lipinski definition) is 4. The Balaban J connectivity index is 1.80. The van der Waals surface area contributed by atoms with Crippen molar-refractivity contribution < 1.29 is 14.3 Å². The fourth-order valence-electron chi connectivity index (χ4n) is 2.89. The Morgan fingerprint density at radius 1 is 1.19 bits per heavy atom. The van der Waals surface area contributed by atoms with Crippen LogP contribution in [0, 0.1) is 12.8 Å². The van der Waals surface area contributed by atoms with Gasteiger partial charge in [-0.2, -0.15) is 0 Å². The topological polar surface area (TPSA) is 50.8 Å². The maximum absolute atomic E-state index is 12.9. The van der Waals surface area contributed by atoms with E-state index in [0.717, 1.165) is 23.4 Å². The zero-order chi connectivity index (χ0) is 19.4. The molecular weight excluding hydrogens is 340 g/mol. The summed E-state index contributed by atoms with van der Waals surface area (Å²) in [5.41, 5.74) is 3.53. The van der Waals surface area contributed by atoms with E-state index in [1.54, 1.807) is 25.3 Å². The van der Waals surface area contributed by atoms with Gasteiger partial charge in [0, 0.05) is 18.3 Å². The van der Waals surface area contributed by atoms with Crippen molar-refractivity contribution in [2.24, 2.45) is 5.92 Å². The lowest BCUT2D eigenvalue weighted by molar-refractivity contribution is 0.102. The number of methoxy groups -OCH3 is 1. The number of amides is 1. The summed E-state index contributed by atoms with van der Waals surface area (Å²) in [6, 6.07) is 11.5. The van der Waals surface area contributed by atoms with E-state index < -0.39 is 0 Å². The van der Waals surface area contributed by atoms with Crippen LogP contribution in [0.3, 0.4) is 0 Å². The minimum absolute atomic E-state index is 0.173. The number of benzene rings is 2. The van der Waals surface area contributed by atoms with Gasteiger partial charge in [-0.15, -0.1) is 0 Å². The molecule has 2 aromatic carbocycles. The first kappa shape index (κ1) is 19.2. The average Bonchev–Trinajstić information content (AvgIpc) is 3.46. The van der Waals surface area contributed by atoms with Crippen LogP contribution in [0.5, 0.6) is 11.5 Å². The van der Waals surface area contributed by atoms with Crippen LogP contribution in [-0.2, 0) is 6.54 Å². The van der Waals surface area contributed by atoms with Crippen molar-refractivity contribution in [1.82, 2.24) is 4.90 Å². The molecule has 0 spiro atoms. The van der Waals surface area contributed by atoms with Crippen LogP contribution in [0.25, 0.3) is 0 Å². The van der Waals surface area contributed by atoms with Gasteiger partial charge in [-0.05, 0) is 69.1 Å². The molecular formula is C22H28N2O3. The van der Waals surface area contributed by atoms with Gasteiger partial charge < -0.3 is 19.7 Å². The molecule has 0 aliphatic heterocycles. The first-order valence-electron chi connectivity index (χ1n) is 9.32. The minimum atomic E-state index is -0.173. The van der Waals surface area contributed by atoms with Crippen molar-refractivity contribution >= 4 is 11.6 Å². The summed E-state index contributed by atoms with van der Waals surface area (Å²) in [7, 11) is 5.66. The predicted molar refractivity (Wildman–Crippen MR) is 108 cm³/mol. The molecule has 0 heterocycles. The molecule has 144 valence electrons. The molecule has 27 heavy (non-hydrogen) atoms. The third-order valence-electron chi connectivity index (χ3n) is 4.65. The summed E-state index contributed by atoms with van der Waals surface area (Å²) < 4.78 is 11.2. The Morgan fingerprint density at radius 2 is 1.96 bits per heavy atom. The number of carbonyl (C=O) groups excluding carboxylic acids is 1. The van der Waals surface area contributed by atoms with E-state index in [4.69, 9.17) is 9.47 Å². The lowest BCUT2D eigenvalue weighted by atomic mass is 10.1. The zero-order valence-corrected chi connectivity index (χ0v) is 16.5. The molecule has 0 radical (unpaired) electrons. The smallest absolute Gasteiger partial charge is 0.259 e. The summed E-state index contributed by atoms with van der Waals surface area (Å²) in [6.45, 7) is 3.46. The van der Waals surface area contributed by atoms with Crippen LogP contribution < -0.4 is 14.8 Å². The second kappa shape index (κ2) is 8.44. The fraction of sp³-hybridized carbons (Fsp3) is 0.409. The molecule has 1 aliphatic carbocycles. The quantitative estimate of drug-likeness (QED) is 0.762. The van der Waals surface area contributed by atoms with Gasteiger partial charge in [-0.3, -0.25) is 4.79 Å². The van der Waals surface area contributed by atoms with Crippen LogP contribution in [0.2, 0.25) is 0 Å². The van der Waals surface area contributed by atoms with E-state index in [1.165, 1.54) is 12.8 Å². The monoisotopic (exact) mass is 368 g/mol. The number of anilines is 1. The Morgan fingerprint density at radius 3 is 2.63 bits per heavy atom. The number of ether oxygens (including phenoxy) is 2. The Kier molecular flexibility index (Phi) is 6.01. The first-order valence-corrected chi connectivity index (χ1v) is 9.32. The Hall–Kier alpha value is -2.53. The van der Waals surface area contributed by atoms with Gasteiger partial charge in [-0.1, -0.05) is 12.1 Å². The van der Waals surface area contributed by atoms with Gasteiger partial charge in [0.25, 0.3) is 5.91 Å². The lowest BCUT2D eigenvalue weighted by Gasteiger charge is -2.16. The van der Waals surface area contributed by atoms with Crippen molar-refractivity contribution in [3.05, 3.63) is 53.1 Å². The molecule has 1 N–H and O–H groups in total. The summed E-state index contributed by atoms with van der Waals surface area (Å²) >= 11 is 0. The third kappa shape index (κ3) is 5.23. The third-order valence-corrected chi connectivity index (χ3v) is 4.65. The molecule has 0 aromatic heterocycles. The molecule has 5 heteroatoms. The van der Waals surface area contributed by atoms with E-state index >= 15 is 0 Å². The van der Waals surface area contributed by atoms with Gasteiger partial charge >= 0.3 is 0 Å². The second-order valence-electron chi connectivity index (χ2n) is 7.46. The molecule has 0 atom stereocenters. The van der Waals surface area contributed by atoms with Crippen LogP contribution in [0.15, 0.2) is 36.4 Å². The maximum atomic E-state index is 12.9. The van der Waals surface area contributed by atoms with Gasteiger partial charge in [0.15, 0.2) is 0 Å². The number of hydrogen-bond donors (Lipinski definition) is 1.